The predicted molar refractivity (Wildman–Crippen MR) is 116 cm³/mol. The Morgan fingerprint density at radius 1 is 1.12 bits per heavy atom. The van der Waals surface area contributed by atoms with Gasteiger partial charge in [0.1, 0.15) is 5.75 Å². The Morgan fingerprint density at radius 2 is 1.85 bits per heavy atom. The molecule has 2 bridgehead atoms. The van der Waals surface area contributed by atoms with Gasteiger partial charge in [-0.15, -0.1) is 24.5 Å². The lowest BCUT2D eigenvalue weighted by atomic mass is 9.99. The molecule has 0 unspecified atom stereocenters. The summed E-state index contributed by atoms with van der Waals surface area (Å²) in [6, 6.07) is 5.91. The number of hydrogen-bond acceptors (Lipinski definition) is 5. The van der Waals surface area contributed by atoms with Crippen molar-refractivity contribution in [2.24, 2.45) is 5.92 Å². The molecule has 0 spiro atoms. The number of halogens is 3. The summed E-state index contributed by atoms with van der Waals surface area (Å²) in [6.45, 7) is 0.277. The minimum Gasteiger partial charge on any atom is -0.406 e. The highest BCUT2D eigenvalue weighted by molar-refractivity contribution is 7.89. The normalized spacial score (nSPS) is 25.1. The number of nitrogens with one attached hydrogen (secondary N) is 1. The van der Waals surface area contributed by atoms with Crippen molar-refractivity contribution in [1.82, 2.24) is 9.62 Å². The van der Waals surface area contributed by atoms with Crippen LogP contribution in [0.1, 0.15) is 45.8 Å². The largest absolute Gasteiger partial charge is 0.573 e. The summed E-state index contributed by atoms with van der Waals surface area (Å²) >= 11 is 1.55. The molecule has 33 heavy (non-hydrogen) atoms. The standard InChI is InChI=1S/C22H23F3N2O4S2/c23-22(24,25)31-16-5-7-17(8-6-16)33(29,30)27-12-14-9-15(27)11-18(14)26-21(28)20-10-13-3-1-2-4-19(13)32-20/h5-8,10,14-15,18H,1-4,9,11-12H2,(H,26,28)/t14-,15+,18+/m0/s1. The second-order valence-electron chi connectivity index (χ2n) is 8.83. The predicted octanol–water partition coefficient (Wildman–Crippen LogP) is 4.11. The molecule has 2 aliphatic carbocycles. The first-order valence-electron chi connectivity index (χ1n) is 10.9. The molecule has 1 aromatic carbocycles. The van der Waals surface area contributed by atoms with E-state index < -0.39 is 22.1 Å². The molecule has 0 radical (unpaired) electrons. The van der Waals surface area contributed by atoms with Gasteiger partial charge in [-0.1, -0.05) is 0 Å². The minimum absolute atomic E-state index is 0.0103. The Balaban J connectivity index is 1.23. The molecule has 6 nitrogen and oxygen atoms in total. The van der Waals surface area contributed by atoms with E-state index in [4.69, 9.17) is 0 Å². The van der Waals surface area contributed by atoms with Crippen molar-refractivity contribution in [3.8, 4) is 5.75 Å². The van der Waals surface area contributed by atoms with Crippen LogP contribution in [-0.2, 0) is 22.9 Å². The molecule has 2 heterocycles. The van der Waals surface area contributed by atoms with Crippen LogP contribution < -0.4 is 10.1 Å². The zero-order valence-electron chi connectivity index (χ0n) is 17.6. The van der Waals surface area contributed by atoms with Crippen LogP contribution in [0.4, 0.5) is 13.2 Å². The third-order valence-corrected chi connectivity index (χ3v) is 9.86. The van der Waals surface area contributed by atoms with Crippen LogP contribution in [-0.4, -0.2) is 43.6 Å². The van der Waals surface area contributed by atoms with Crippen molar-refractivity contribution in [2.45, 2.75) is 61.9 Å². The summed E-state index contributed by atoms with van der Waals surface area (Å²) in [5.74, 6) is -0.555. The summed E-state index contributed by atoms with van der Waals surface area (Å²) in [5.41, 5.74) is 1.27. The Labute approximate surface area is 193 Å². The van der Waals surface area contributed by atoms with Gasteiger partial charge in [-0.05, 0) is 80.3 Å². The maximum absolute atomic E-state index is 13.1. The summed E-state index contributed by atoms with van der Waals surface area (Å²) in [6.07, 6.45) is 0.691. The molecule has 3 atom stereocenters. The summed E-state index contributed by atoms with van der Waals surface area (Å²) in [4.78, 5) is 14.7. The van der Waals surface area contributed by atoms with Crippen LogP contribution in [0.3, 0.4) is 0 Å². The van der Waals surface area contributed by atoms with E-state index in [1.165, 1.54) is 14.7 Å². The van der Waals surface area contributed by atoms with Gasteiger partial charge in [0, 0.05) is 23.5 Å². The first-order chi connectivity index (χ1) is 15.6. The summed E-state index contributed by atoms with van der Waals surface area (Å²) in [5, 5.41) is 3.10. The van der Waals surface area contributed by atoms with Gasteiger partial charge in [0.2, 0.25) is 10.0 Å². The van der Waals surface area contributed by atoms with Gasteiger partial charge in [-0.2, -0.15) is 4.31 Å². The third-order valence-electron chi connectivity index (χ3n) is 6.69. The highest BCUT2D eigenvalue weighted by Gasteiger charge is 2.50. The van der Waals surface area contributed by atoms with E-state index in [0.29, 0.717) is 12.8 Å². The Kier molecular flexibility index (Phi) is 5.69. The Hall–Kier alpha value is -2.11. The fourth-order valence-electron chi connectivity index (χ4n) is 5.17. The van der Waals surface area contributed by atoms with Gasteiger partial charge in [0.05, 0.1) is 9.77 Å². The van der Waals surface area contributed by atoms with E-state index in [1.54, 1.807) is 11.3 Å². The fraction of sp³-hybridized carbons (Fsp3) is 0.500. The molecule has 2 fully saturated rings. The number of hydrogen-bond donors (Lipinski definition) is 1. The van der Waals surface area contributed by atoms with Crippen molar-refractivity contribution >= 4 is 27.3 Å². The highest BCUT2D eigenvalue weighted by Crippen LogP contribution is 2.41. The molecule has 5 rings (SSSR count). The second kappa shape index (κ2) is 8.28. The van der Waals surface area contributed by atoms with Crippen LogP contribution in [0.25, 0.3) is 0 Å². The topological polar surface area (TPSA) is 75.7 Å². The number of thiophene rings is 1. The number of piperidine rings is 1. The lowest BCUT2D eigenvalue weighted by Gasteiger charge is -2.31. The summed E-state index contributed by atoms with van der Waals surface area (Å²) < 4.78 is 68.4. The van der Waals surface area contributed by atoms with E-state index in [1.807, 2.05) is 6.07 Å². The number of sulfonamides is 1. The quantitative estimate of drug-likeness (QED) is 0.671. The number of carbonyl (C=O) groups excluding carboxylic acids is 1. The first kappa shape index (κ1) is 22.7. The van der Waals surface area contributed by atoms with Crippen molar-refractivity contribution < 1.29 is 31.1 Å². The zero-order chi connectivity index (χ0) is 23.4. The van der Waals surface area contributed by atoms with Crippen molar-refractivity contribution in [2.75, 3.05) is 6.54 Å². The fourth-order valence-corrected chi connectivity index (χ4v) is 8.03. The molecule has 11 heteroatoms. The van der Waals surface area contributed by atoms with Crippen molar-refractivity contribution in [3.05, 3.63) is 45.6 Å². The average molecular weight is 501 g/mol. The number of fused-ring (bicyclic) bond motifs is 3. The van der Waals surface area contributed by atoms with Crippen molar-refractivity contribution in [1.29, 1.82) is 0 Å². The number of ether oxygens (including phenoxy) is 1. The molecular weight excluding hydrogens is 477 g/mol. The van der Waals surface area contributed by atoms with Gasteiger partial charge in [0.15, 0.2) is 0 Å². The lowest BCUT2D eigenvalue weighted by molar-refractivity contribution is -0.274. The van der Waals surface area contributed by atoms with E-state index in [0.717, 1.165) is 54.8 Å². The number of aryl methyl sites for hydroxylation is 2. The molecule has 1 saturated heterocycles. The van der Waals surface area contributed by atoms with Crippen LogP contribution in [0.5, 0.6) is 5.75 Å². The number of alkyl halides is 3. The smallest absolute Gasteiger partial charge is 0.406 e. The van der Waals surface area contributed by atoms with E-state index in [-0.39, 0.29) is 35.3 Å². The number of benzene rings is 1. The second-order valence-corrected chi connectivity index (χ2v) is 11.9. The molecule has 178 valence electrons. The molecule has 1 N–H and O–H groups in total. The number of nitrogens with zero attached hydrogens (tertiary/aromatic N) is 1. The number of rotatable bonds is 5. The maximum atomic E-state index is 13.1. The van der Waals surface area contributed by atoms with Crippen molar-refractivity contribution in [3.63, 3.8) is 0 Å². The van der Waals surface area contributed by atoms with Gasteiger partial charge in [-0.3, -0.25) is 4.79 Å². The van der Waals surface area contributed by atoms with E-state index >= 15 is 0 Å². The van der Waals surface area contributed by atoms with Crippen LogP contribution in [0.2, 0.25) is 0 Å². The maximum Gasteiger partial charge on any atom is 0.573 e. The average Bonchev–Trinajstić information content (AvgIpc) is 3.46. The van der Waals surface area contributed by atoms with E-state index in [9.17, 15) is 26.4 Å². The van der Waals surface area contributed by atoms with Gasteiger partial charge in [0.25, 0.3) is 5.91 Å². The monoisotopic (exact) mass is 500 g/mol. The van der Waals surface area contributed by atoms with Gasteiger partial charge < -0.3 is 10.1 Å². The number of amides is 1. The van der Waals surface area contributed by atoms with Gasteiger partial charge in [-0.25, -0.2) is 8.42 Å². The molecule has 1 amide bonds. The summed E-state index contributed by atoms with van der Waals surface area (Å²) in [7, 11) is -3.85. The molecule has 2 aromatic rings. The SMILES string of the molecule is O=C(N[C@@H]1C[C@H]2C[C@H]1CN2S(=O)(=O)c1ccc(OC(F)(F)F)cc1)c1cc2c(s1)CCCC2. The Bertz CT molecular complexity index is 1140. The molecular formula is C22H23F3N2O4S2. The molecule has 1 aliphatic heterocycles. The molecule has 3 aliphatic rings. The first-order valence-corrected chi connectivity index (χ1v) is 13.2. The molecule has 1 aromatic heterocycles. The van der Waals surface area contributed by atoms with Crippen LogP contribution >= 0.6 is 11.3 Å². The van der Waals surface area contributed by atoms with Gasteiger partial charge >= 0.3 is 6.36 Å². The highest BCUT2D eigenvalue weighted by atomic mass is 32.2. The minimum atomic E-state index is -4.84. The van der Waals surface area contributed by atoms with Crippen LogP contribution in [0.15, 0.2) is 35.2 Å². The van der Waals surface area contributed by atoms with Crippen LogP contribution in [0, 0.1) is 5.92 Å². The molecule has 1 saturated carbocycles. The zero-order valence-corrected chi connectivity index (χ0v) is 19.2. The Morgan fingerprint density at radius 3 is 2.48 bits per heavy atom. The van der Waals surface area contributed by atoms with E-state index in [2.05, 4.69) is 10.1 Å². The third kappa shape index (κ3) is 4.50. The lowest BCUT2D eigenvalue weighted by Crippen LogP contribution is -2.47. The number of carbonyl (C=O) groups is 1.